The van der Waals surface area contributed by atoms with Crippen LogP contribution >= 0.6 is 11.6 Å². The molecule has 1 amide bonds. The molecule has 0 aromatic carbocycles. The number of imidazole rings is 1. The number of hydrogen-bond acceptors (Lipinski definition) is 4. The van der Waals surface area contributed by atoms with Gasteiger partial charge in [0, 0.05) is 31.1 Å². The lowest BCUT2D eigenvalue weighted by atomic mass is 9.98. The summed E-state index contributed by atoms with van der Waals surface area (Å²) in [5.74, 6) is 0.551. The summed E-state index contributed by atoms with van der Waals surface area (Å²) < 4.78 is 3.57. The van der Waals surface area contributed by atoms with Crippen molar-refractivity contribution in [2.45, 2.75) is 31.2 Å². The number of aromatic amines is 1. The Hall–Kier alpha value is -3.65. The zero-order valence-corrected chi connectivity index (χ0v) is 18.4. The van der Waals surface area contributed by atoms with Crippen molar-refractivity contribution in [1.82, 2.24) is 34.1 Å². The Kier molecular flexibility index (Phi) is 3.96. The maximum atomic E-state index is 13.9. The van der Waals surface area contributed by atoms with Crippen molar-refractivity contribution in [2.75, 3.05) is 6.54 Å². The number of aromatic nitrogens is 6. The average Bonchev–Trinajstić information content (AvgIpc) is 3.22. The Labute approximate surface area is 193 Å². The minimum absolute atomic E-state index is 0.0778. The summed E-state index contributed by atoms with van der Waals surface area (Å²) in [7, 11) is 0. The lowest BCUT2D eigenvalue weighted by molar-refractivity contribution is 0.0689. The number of amides is 1. The predicted molar refractivity (Wildman–Crippen MR) is 123 cm³/mol. The van der Waals surface area contributed by atoms with Crippen molar-refractivity contribution in [3.63, 3.8) is 0 Å². The van der Waals surface area contributed by atoms with E-state index in [0.29, 0.717) is 29.5 Å². The van der Waals surface area contributed by atoms with Crippen LogP contribution in [0.25, 0.3) is 11.0 Å². The zero-order valence-electron chi connectivity index (χ0n) is 17.6. The number of halogens is 1. The molecule has 1 fully saturated rings. The van der Waals surface area contributed by atoms with Gasteiger partial charge in [0.25, 0.3) is 5.91 Å². The average molecular weight is 458 g/mol. The molecule has 1 aliphatic carbocycles. The maximum absolute atomic E-state index is 13.9. The molecule has 8 nitrogen and oxygen atoms in total. The van der Waals surface area contributed by atoms with E-state index in [1.54, 1.807) is 17.0 Å². The molecule has 9 heteroatoms. The van der Waals surface area contributed by atoms with E-state index in [1.165, 1.54) is 18.4 Å². The monoisotopic (exact) mass is 457 g/mol. The second kappa shape index (κ2) is 6.92. The first-order valence-electron chi connectivity index (χ1n) is 11.1. The smallest absolute Gasteiger partial charge is 0.258 e. The van der Waals surface area contributed by atoms with Gasteiger partial charge in [-0.3, -0.25) is 4.79 Å². The van der Waals surface area contributed by atoms with Crippen LogP contribution in [0.3, 0.4) is 0 Å². The standard InChI is InChI=1S/C24H20ClN7O/c25-17-2-1-8-31-21(17)10-19(29-31)23-22-18(26-13-27-22)7-9-30(23)24(33)16-11-28-32-12-15(14-3-4-14)5-6-20(16)32/h1-2,5-6,8,10-14,23H,3-4,7,9H2,(H,26,27)/t23-/m1/s1. The molecule has 1 N–H and O–H groups in total. The van der Waals surface area contributed by atoms with Crippen LogP contribution in [-0.4, -0.2) is 46.5 Å². The van der Waals surface area contributed by atoms with Crippen LogP contribution < -0.4 is 0 Å². The van der Waals surface area contributed by atoms with E-state index >= 15 is 0 Å². The normalized spacial score (nSPS) is 18.2. The van der Waals surface area contributed by atoms with Crippen molar-refractivity contribution in [1.29, 1.82) is 0 Å². The molecule has 5 aromatic rings. The summed E-state index contributed by atoms with van der Waals surface area (Å²) in [6.07, 6.45) is 10.4. The molecule has 33 heavy (non-hydrogen) atoms. The van der Waals surface area contributed by atoms with Gasteiger partial charge in [-0.2, -0.15) is 10.2 Å². The van der Waals surface area contributed by atoms with Gasteiger partial charge in [0.05, 0.1) is 45.5 Å². The quantitative estimate of drug-likeness (QED) is 0.443. The highest BCUT2D eigenvalue weighted by Crippen LogP contribution is 2.40. The first-order chi connectivity index (χ1) is 16.2. The van der Waals surface area contributed by atoms with Gasteiger partial charge in [-0.1, -0.05) is 17.7 Å². The number of pyridine rings is 2. The van der Waals surface area contributed by atoms with Gasteiger partial charge in [-0.25, -0.2) is 14.0 Å². The highest BCUT2D eigenvalue weighted by Gasteiger charge is 2.37. The minimum Gasteiger partial charge on any atom is -0.348 e. The third kappa shape index (κ3) is 2.90. The molecule has 7 rings (SSSR count). The second-order valence-electron chi connectivity index (χ2n) is 8.80. The van der Waals surface area contributed by atoms with Gasteiger partial charge in [-0.15, -0.1) is 0 Å². The van der Waals surface area contributed by atoms with E-state index in [-0.39, 0.29) is 5.91 Å². The molecule has 5 aromatic heterocycles. The Morgan fingerprint density at radius 1 is 1.15 bits per heavy atom. The first kappa shape index (κ1) is 18.9. The molecule has 2 aliphatic rings. The number of carbonyl (C=O) groups is 1. The number of rotatable bonds is 3. The van der Waals surface area contributed by atoms with Gasteiger partial charge in [0.2, 0.25) is 0 Å². The summed E-state index contributed by atoms with van der Waals surface area (Å²) >= 11 is 6.40. The van der Waals surface area contributed by atoms with Gasteiger partial charge in [-0.05, 0) is 48.6 Å². The Bertz CT molecular complexity index is 1540. The van der Waals surface area contributed by atoms with E-state index in [9.17, 15) is 4.79 Å². The molecular formula is C24H20ClN7O. The number of carbonyl (C=O) groups excluding carboxylic acids is 1. The van der Waals surface area contributed by atoms with Crippen LogP contribution in [0.2, 0.25) is 5.02 Å². The fourth-order valence-corrected chi connectivity index (χ4v) is 5.12. The fourth-order valence-electron chi connectivity index (χ4n) is 4.91. The van der Waals surface area contributed by atoms with Crippen molar-refractivity contribution in [3.8, 4) is 0 Å². The van der Waals surface area contributed by atoms with Crippen LogP contribution in [-0.2, 0) is 6.42 Å². The molecule has 0 bridgehead atoms. The van der Waals surface area contributed by atoms with E-state index in [0.717, 1.165) is 28.1 Å². The molecule has 164 valence electrons. The summed E-state index contributed by atoms with van der Waals surface area (Å²) in [6, 6.07) is 9.34. The maximum Gasteiger partial charge on any atom is 0.258 e. The first-order valence-corrected chi connectivity index (χ1v) is 11.5. The number of hydrogen-bond donors (Lipinski definition) is 1. The molecule has 0 radical (unpaired) electrons. The Balaban J connectivity index is 1.33. The number of nitrogens with one attached hydrogen (secondary N) is 1. The SMILES string of the molecule is O=C(c1cnn2cc(C3CC3)ccc12)N1CCc2[nH]cnc2[C@H]1c1cc2c(Cl)cccn2n1. The second-order valence-corrected chi connectivity index (χ2v) is 9.20. The summed E-state index contributed by atoms with van der Waals surface area (Å²) in [5.41, 5.74) is 6.06. The predicted octanol–water partition coefficient (Wildman–Crippen LogP) is 4.02. The van der Waals surface area contributed by atoms with Crippen molar-refractivity contribution in [2.24, 2.45) is 0 Å². The molecule has 0 saturated heterocycles. The molecular weight excluding hydrogens is 438 g/mol. The number of H-pyrrole nitrogens is 1. The van der Waals surface area contributed by atoms with Gasteiger partial charge in [0.1, 0.15) is 6.04 Å². The van der Waals surface area contributed by atoms with Crippen molar-refractivity contribution >= 4 is 28.5 Å². The Morgan fingerprint density at radius 2 is 2.06 bits per heavy atom. The zero-order chi connectivity index (χ0) is 22.1. The van der Waals surface area contributed by atoms with Crippen molar-refractivity contribution < 1.29 is 4.79 Å². The highest BCUT2D eigenvalue weighted by molar-refractivity contribution is 6.33. The number of nitrogens with zero attached hydrogens (tertiary/aromatic N) is 6. The molecule has 1 atom stereocenters. The van der Waals surface area contributed by atoms with Crippen LogP contribution in [0.1, 0.15) is 57.8 Å². The van der Waals surface area contributed by atoms with Gasteiger partial charge < -0.3 is 9.88 Å². The van der Waals surface area contributed by atoms with E-state index in [1.807, 2.05) is 46.1 Å². The summed E-state index contributed by atoms with van der Waals surface area (Å²) in [6.45, 7) is 0.553. The largest absolute Gasteiger partial charge is 0.348 e. The van der Waals surface area contributed by atoms with E-state index in [4.69, 9.17) is 16.7 Å². The molecule has 1 aliphatic heterocycles. The van der Waals surface area contributed by atoms with Crippen LogP contribution in [0.15, 0.2) is 55.2 Å². The van der Waals surface area contributed by atoms with Gasteiger partial charge >= 0.3 is 0 Å². The third-order valence-electron chi connectivity index (χ3n) is 6.75. The van der Waals surface area contributed by atoms with Gasteiger partial charge in [0.15, 0.2) is 0 Å². The molecule has 0 unspecified atom stereocenters. The number of fused-ring (bicyclic) bond motifs is 3. The minimum atomic E-state index is -0.413. The van der Waals surface area contributed by atoms with Crippen LogP contribution in [0, 0.1) is 0 Å². The molecule has 0 spiro atoms. The third-order valence-corrected chi connectivity index (χ3v) is 7.07. The molecule has 6 heterocycles. The highest BCUT2D eigenvalue weighted by atomic mass is 35.5. The topological polar surface area (TPSA) is 83.6 Å². The van der Waals surface area contributed by atoms with Crippen LogP contribution in [0.4, 0.5) is 0 Å². The Morgan fingerprint density at radius 3 is 2.91 bits per heavy atom. The van der Waals surface area contributed by atoms with E-state index in [2.05, 4.69) is 21.1 Å². The fraction of sp³-hybridized carbons (Fsp3) is 0.250. The molecule has 1 saturated carbocycles. The lowest BCUT2D eigenvalue weighted by Gasteiger charge is -2.33. The lowest BCUT2D eigenvalue weighted by Crippen LogP contribution is -2.41. The van der Waals surface area contributed by atoms with Crippen molar-refractivity contribution in [3.05, 3.63) is 88.5 Å². The summed E-state index contributed by atoms with van der Waals surface area (Å²) in [5, 5.41) is 9.86. The van der Waals surface area contributed by atoms with Crippen LogP contribution in [0.5, 0.6) is 0 Å². The summed E-state index contributed by atoms with van der Waals surface area (Å²) in [4.78, 5) is 23.5. The van der Waals surface area contributed by atoms with E-state index < -0.39 is 6.04 Å².